The molecule has 1 saturated heterocycles. The summed E-state index contributed by atoms with van der Waals surface area (Å²) in [6, 6.07) is 3.00. The zero-order valence-corrected chi connectivity index (χ0v) is 20.3. The number of halogens is 6. The van der Waals surface area contributed by atoms with Crippen LogP contribution in [-0.2, 0) is 21.2 Å². The summed E-state index contributed by atoms with van der Waals surface area (Å²) in [5.74, 6) is -5.99. The van der Waals surface area contributed by atoms with Gasteiger partial charge in [-0.1, -0.05) is 25.3 Å². The molecule has 0 spiro atoms. The van der Waals surface area contributed by atoms with Gasteiger partial charge in [0.15, 0.2) is 4.75 Å². The number of amides is 1. The highest BCUT2D eigenvalue weighted by Gasteiger charge is 2.57. The molecule has 2 aliphatic rings. The molecule has 0 unspecified atom stereocenters. The van der Waals surface area contributed by atoms with Crippen molar-refractivity contribution in [1.82, 2.24) is 13.9 Å². The van der Waals surface area contributed by atoms with Crippen molar-refractivity contribution < 1.29 is 40.4 Å². The number of hydrogen-bond donors (Lipinski definition) is 1. The predicted molar refractivity (Wildman–Crippen MR) is 116 cm³/mol. The van der Waals surface area contributed by atoms with Crippen molar-refractivity contribution in [2.75, 3.05) is 13.1 Å². The summed E-state index contributed by atoms with van der Waals surface area (Å²) in [6.45, 7) is 0.216. The van der Waals surface area contributed by atoms with Crippen LogP contribution in [0.1, 0.15) is 68.5 Å². The van der Waals surface area contributed by atoms with Crippen LogP contribution in [0.5, 0.6) is 0 Å². The third-order valence-corrected chi connectivity index (χ3v) is 9.68. The Balaban J connectivity index is 1.64. The highest BCUT2D eigenvalue weighted by molar-refractivity contribution is 7.91. The lowest BCUT2D eigenvalue weighted by Gasteiger charge is -2.41. The smallest absolute Gasteiger partial charge is 0.270 e. The molecule has 198 valence electrons. The molecule has 0 radical (unpaired) electrons. The molecular weight excluding hydrogens is 521 g/mol. The van der Waals surface area contributed by atoms with Crippen LogP contribution in [0.3, 0.4) is 0 Å². The number of pyridine rings is 1. The molecule has 7 nitrogen and oxygen atoms in total. The van der Waals surface area contributed by atoms with E-state index in [1.54, 1.807) is 6.07 Å². The highest BCUT2D eigenvalue weighted by atomic mass is 35.5. The molecule has 1 amide bonds. The van der Waals surface area contributed by atoms with Gasteiger partial charge in [0.2, 0.25) is 10.0 Å². The van der Waals surface area contributed by atoms with Crippen LogP contribution < -0.4 is 0 Å². The van der Waals surface area contributed by atoms with Crippen molar-refractivity contribution in [3.05, 3.63) is 29.6 Å². The minimum atomic E-state index is -5.60. The van der Waals surface area contributed by atoms with Gasteiger partial charge >= 0.3 is 12.1 Å². The van der Waals surface area contributed by atoms with E-state index in [1.165, 1.54) is 16.6 Å². The number of aryl methyl sites for hydroxylation is 1. The molecule has 0 aromatic carbocycles. The van der Waals surface area contributed by atoms with E-state index in [0.717, 1.165) is 6.42 Å². The number of piperidine rings is 1. The van der Waals surface area contributed by atoms with Crippen LogP contribution in [0, 0.1) is 0 Å². The second-order valence-corrected chi connectivity index (χ2v) is 11.7. The Labute approximate surface area is 205 Å². The molecule has 2 heterocycles. The minimum Gasteiger partial charge on any atom is -0.270 e. The largest absolute Gasteiger partial charge is 0.453 e. The predicted octanol–water partition coefficient (Wildman–Crippen LogP) is 4.80. The number of aromatic nitrogens is 1. The number of nitrogens with zero attached hydrogens (tertiary/aromatic N) is 3. The maximum Gasteiger partial charge on any atom is 0.453 e. The van der Waals surface area contributed by atoms with E-state index in [9.17, 15) is 40.4 Å². The Morgan fingerprint density at radius 1 is 1.14 bits per heavy atom. The first-order valence-corrected chi connectivity index (χ1v) is 13.1. The number of alkyl halides is 5. The summed E-state index contributed by atoms with van der Waals surface area (Å²) in [5, 5.41) is 9.50. The first kappa shape index (κ1) is 28.0. The second kappa shape index (κ2) is 10.4. The van der Waals surface area contributed by atoms with Crippen molar-refractivity contribution in [2.45, 2.75) is 80.6 Å². The SMILES string of the molecule is O=C(N(O)Cl)C1(S(=O)(=O)N2CCC(c3ccc(CCC(F)(F)C(F)(F)F)cn3)CC2)CCCCC1. The molecular formula is C21H27ClF5N3O4S. The molecule has 1 N–H and O–H groups in total. The van der Waals surface area contributed by atoms with E-state index in [0.29, 0.717) is 31.4 Å². The summed E-state index contributed by atoms with van der Waals surface area (Å²) in [4.78, 5) is 16.8. The number of sulfonamides is 1. The Kier molecular flexibility index (Phi) is 8.34. The standard InChI is InChI=1S/C21H27ClF5N3O4S/c22-30(32)18(31)19(9-2-1-3-10-19)35(33,34)29-12-7-16(8-13-29)17-5-4-15(14-28-17)6-11-20(23,24)21(25,26)27/h4-5,14,16,32H,1-3,6-13H2. The third kappa shape index (κ3) is 5.72. The molecule has 1 aliphatic heterocycles. The molecule has 1 aliphatic carbocycles. The van der Waals surface area contributed by atoms with Crippen LogP contribution in [0.2, 0.25) is 0 Å². The second-order valence-electron chi connectivity index (χ2n) is 9.09. The van der Waals surface area contributed by atoms with Gasteiger partial charge in [-0.25, -0.2) is 12.7 Å². The lowest BCUT2D eigenvalue weighted by atomic mass is 9.88. The van der Waals surface area contributed by atoms with Crippen molar-refractivity contribution in [3.8, 4) is 0 Å². The quantitative estimate of drug-likeness (QED) is 0.229. The fourth-order valence-electron chi connectivity index (χ4n) is 4.78. The van der Waals surface area contributed by atoms with Gasteiger partial charge in [0, 0.05) is 49.1 Å². The van der Waals surface area contributed by atoms with Crippen molar-refractivity contribution >= 4 is 27.7 Å². The van der Waals surface area contributed by atoms with Gasteiger partial charge in [0.1, 0.15) is 0 Å². The average molecular weight is 548 g/mol. The van der Waals surface area contributed by atoms with Gasteiger partial charge in [-0.3, -0.25) is 15.0 Å². The Hall–Kier alpha value is -1.57. The lowest BCUT2D eigenvalue weighted by molar-refractivity contribution is -0.284. The number of rotatable bonds is 7. The average Bonchev–Trinajstić information content (AvgIpc) is 2.82. The Bertz CT molecular complexity index is 991. The first-order chi connectivity index (χ1) is 16.2. The topological polar surface area (TPSA) is 90.8 Å². The Morgan fingerprint density at radius 3 is 2.23 bits per heavy atom. The van der Waals surface area contributed by atoms with E-state index in [2.05, 4.69) is 4.98 Å². The summed E-state index contributed by atoms with van der Waals surface area (Å²) in [7, 11) is -4.12. The van der Waals surface area contributed by atoms with Crippen LogP contribution in [0.25, 0.3) is 0 Å². The molecule has 1 saturated carbocycles. The molecule has 35 heavy (non-hydrogen) atoms. The van der Waals surface area contributed by atoms with Gasteiger partial charge < -0.3 is 0 Å². The zero-order chi connectivity index (χ0) is 26.1. The first-order valence-electron chi connectivity index (χ1n) is 11.3. The van der Waals surface area contributed by atoms with Crippen molar-refractivity contribution in [3.63, 3.8) is 0 Å². The molecule has 3 rings (SSSR count). The zero-order valence-electron chi connectivity index (χ0n) is 18.8. The summed E-state index contributed by atoms with van der Waals surface area (Å²) in [5.41, 5.74) is 0.823. The fourth-order valence-corrected chi connectivity index (χ4v) is 7.29. The number of carbonyl (C=O) groups is 1. The fraction of sp³-hybridized carbons (Fsp3) is 0.714. The van der Waals surface area contributed by atoms with Crippen molar-refractivity contribution in [1.29, 1.82) is 0 Å². The monoisotopic (exact) mass is 547 g/mol. The molecule has 1 aromatic heterocycles. The highest BCUT2D eigenvalue weighted by Crippen LogP contribution is 2.41. The maximum absolute atomic E-state index is 13.5. The maximum atomic E-state index is 13.5. The lowest BCUT2D eigenvalue weighted by Crippen LogP contribution is -2.58. The number of hydroxylamine groups is 1. The van der Waals surface area contributed by atoms with Gasteiger partial charge in [0.05, 0.1) is 0 Å². The third-order valence-electron chi connectivity index (χ3n) is 6.91. The van der Waals surface area contributed by atoms with Gasteiger partial charge in [0.25, 0.3) is 5.91 Å². The number of carbonyl (C=O) groups excluding carboxylic acids is 1. The van der Waals surface area contributed by atoms with E-state index in [1.807, 2.05) is 0 Å². The van der Waals surface area contributed by atoms with E-state index >= 15 is 0 Å². The molecule has 2 fully saturated rings. The van der Waals surface area contributed by atoms with Crippen LogP contribution >= 0.6 is 11.8 Å². The van der Waals surface area contributed by atoms with Crippen molar-refractivity contribution in [2.24, 2.45) is 0 Å². The molecule has 0 bridgehead atoms. The van der Waals surface area contributed by atoms with Crippen LogP contribution in [-0.4, -0.2) is 63.3 Å². The van der Waals surface area contributed by atoms with Crippen LogP contribution in [0.15, 0.2) is 18.3 Å². The van der Waals surface area contributed by atoms with Gasteiger partial charge in [-0.05, 0) is 43.7 Å². The minimum absolute atomic E-state index is 0.0638. The van der Waals surface area contributed by atoms with Crippen LogP contribution in [0.4, 0.5) is 22.0 Å². The van der Waals surface area contributed by atoms with Gasteiger partial charge in [-0.15, -0.1) is 4.58 Å². The molecule has 0 atom stereocenters. The van der Waals surface area contributed by atoms with E-state index in [-0.39, 0.29) is 42.0 Å². The summed E-state index contributed by atoms with van der Waals surface area (Å²) >= 11 is 5.43. The van der Waals surface area contributed by atoms with Gasteiger partial charge in [-0.2, -0.15) is 22.0 Å². The van der Waals surface area contributed by atoms with E-state index in [4.69, 9.17) is 11.8 Å². The molecule has 1 aromatic rings. The van der Waals surface area contributed by atoms with E-state index < -0.39 is 45.6 Å². The Morgan fingerprint density at radius 2 is 1.74 bits per heavy atom. The normalized spacial score (nSPS) is 20.5. The summed E-state index contributed by atoms with van der Waals surface area (Å²) in [6.07, 6.45) is -3.52. The number of hydrogen-bond acceptors (Lipinski definition) is 5. The molecule has 14 heteroatoms. The summed E-state index contributed by atoms with van der Waals surface area (Å²) < 4.78 is 89.5.